The summed E-state index contributed by atoms with van der Waals surface area (Å²) in [6.07, 6.45) is -2.81. The van der Waals surface area contributed by atoms with Gasteiger partial charge in [0.15, 0.2) is 0 Å². The van der Waals surface area contributed by atoms with E-state index in [0.717, 1.165) is 12.1 Å². The summed E-state index contributed by atoms with van der Waals surface area (Å²) in [6, 6.07) is 6.12. The van der Waals surface area contributed by atoms with Gasteiger partial charge in [0.25, 0.3) is 0 Å². The van der Waals surface area contributed by atoms with Crippen LogP contribution in [-0.2, 0) is 0 Å². The second-order valence-electron chi connectivity index (χ2n) is 4.29. The number of hydrogen-bond acceptors (Lipinski definition) is 2. The van der Waals surface area contributed by atoms with Crippen LogP contribution in [0.5, 0.6) is 5.75 Å². The average Bonchev–Trinajstić information content (AvgIpc) is 2.27. The summed E-state index contributed by atoms with van der Waals surface area (Å²) < 4.78 is 40.2. The standard InChI is InChI=1S/C14H18F3NO/c1-4-18-11(3)10(2)8-12-6-5-7-13(9-12)19-14(15,16)17/h5-9,11,18H,4H2,1-3H3/b10-8+. The normalized spacial score (nSPS) is 14.3. The van der Waals surface area contributed by atoms with Crippen LogP contribution in [0.4, 0.5) is 13.2 Å². The van der Waals surface area contributed by atoms with Gasteiger partial charge in [-0.3, -0.25) is 0 Å². The SMILES string of the molecule is CCNC(C)/C(C)=C/c1cccc(OC(F)(F)F)c1. The molecule has 0 fully saturated rings. The number of halogens is 3. The summed E-state index contributed by atoms with van der Waals surface area (Å²) in [6.45, 7) is 6.78. The molecule has 19 heavy (non-hydrogen) atoms. The van der Waals surface area contributed by atoms with Gasteiger partial charge in [0.1, 0.15) is 5.75 Å². The Bertz CT molecular complexity index is 441. The molecule has 0 bridgehead atoms. The van der Waals surface area contributed by atoms with Crippen molar-refractivity contribution in [1.82, 2.24) is 5.32 Å². The maximum absolute atomic E-state index is 12.1. The first kappa shape index (κ1) is 15.6. The topological polar surface area (TPSA) is 21.3 Å². The van der Waals surface area contributed by atoms with E-state index in [1.807, 2.05) is 26.8 Å². The Balaban J connectivity index is 2.85. The molecule has 0 spiro atoms. The zero-order valence-electron chi connectivity index (χ0n) is 11.2. The Morgan fingerprint density at radius 3 is 2.68 bits per heavy atom. The van der Waals surface area contributed by atoms with E-state index in [1.54, 1.807) is 6.07 Å². The van der Waals surface area contributed by atoms with Crippen molar-refractivity contribution in [2.75, 3.05) is 6.54 Å². The molecule has 1 unspecified atom stereocenters. The maximum Gasteiger partial charge on any atom is 0.573 e. The predicted octanol–water partition coefficient (Wildman–Crippen LogP) is 3.99. The van der Waals surface area contributed by atoms with Gasteiger partial charge in [-0.15, -0.1) is 13.2 Å². The maximum atomic E-state index is 12.1. The van der Waals surface area contributed by atoms with Crippen LogP contribution >= 0.6 is 0 Å². The van der Waals surface area contributed by atoms with Crippen molar-refractivity contribution >= 4 is 6.08 Å². The average molecular weight is 273 g/mol. The van der Waals surface area contributed by atoms with Crippen LogP contribution < -0.4 is 10.1 Å². The van der Waals surface area contributed by atoms with Gasteiger partial charge in [0.2, 0.25) is 0 Å². The first-order valence-corrected chi connectivity index (χ1v) is 6.09. The molecular formula is C14H18F3NO. The number of rotatable bonds is 5. The molecule has 5 heteroatoms. The van der Waals surface area contributed by atoms with Gasteiger partial charge in [0.05, 0.1) is 0 Å². The number of ether oxygens (including phenoxy) is 1. The highest BCUT2D eigenvalue weighted by Crippen LogP contribution is 2.24. The molecule has 0 aromatic heterocycles. The fraction of sp³-hybridized carbons (Fsp3) is 0.429. The Kier molecular flexibility index (Phi) is 5.42. The summed E-state index contributed by atoms with van der Waals surface area (Å²) in [7, 11) is 0. The molecule has 1 rings (SSSR count). The Hall–Kier alpha value is -1.49. The minimum absolute atomic E-state index is 0.178. The number of nitrogens with one attached hydrogen (secondary N) is 1. The fourth-order valence-electron chi connectivity index (χ4n) is 1.66. The van der Waals surface area contributed by atoms with Gasteiger partial charge in [0, 0.05) is 6.04 Å². The highest BCUT2D eigenvalue weighted by atomic mass is 19.4. The lowest BCUT2D eigenvalue weighted by atomic mass is 10.1. The highest BCUT2D eigenvalue weighted by molar-refractivity contribution is 5.55. The van der Waals surface area contributed by atoms with E-state index in [1.165, 1.54) is 18.2 Å². The smallest absolute Gasteiger partial charge is 0.406 e. The van der Waals surface area contributed by atoms with Crippen molar-refractivity contribution in [2.24, 2.45) is 0 Å². The minimum Gasteiger partial charge on any atom is -0.406 e. The third-order valence-corrected chi connectivity index (χ3v) is 2.68. The van der Waals surface area contributed by atoms with Crippen molar-refractivity contribution in [3.63, 3.8) is 0 Å². The molecule has 106 valence electrons. The van der Waals surface area contributed by atoms with Gasteiger partial charge < -0.3 is 10.1 Å². The molecule has 1 N–H and O–H groups in total. The Morgan fingerprint density at radius 1 is 1.42 bits per heavy atom. The monoisotopic (exact) mass is 273 g/mol. The van der Waals surface area contributed by atoms with E-state index in [-0.39, 0.29) is 11.8 Å². The zero-order chi connectivity index (χ0) is 14.5. The van der Waals surface area contributed by atoms with E-state index in [4.69, 9.17) is 0 Å². The van der Waals surface area contributed by atoms with E-state index in [9.17, 15) is 13.2 Å². The minimum atomic E-state index is -4.66. The first-order chi connectivity index (χ1) is 8.81. The van der Waals surface area contributed by atoms with Crippen LogP contribution in [0.2, 0.25) is 0 Å². The zero-order valence-corrected chi connectivity index (χ0v) is 11.2. The summed E-state index contributed by atoms with van der Waals surface area (Å²) in [5.74, 6) is -0.204. The number of hydrogen-bond donors (Lipinski definition) is 1. The summed E-state index contributed by atoms with van der Waals surface area (Å²) in [5, 5.41) is 3.24. The van der Waals surface area contributed by atoms with Crippen LogP contribution in [-0.4, -0.2) is 18.9 Å². The summed E-state index contributed by atoms with van der Waals surface area (Å²) in [5.41, 5.74) is 1.73. The number of benzene rings is 1. The molecule has 0 saturated carbocycles. The van der Waals surface area contributed by atoms with Gasteiger partial charge >= 0.3 is 6.36 Å². The molecule has 0 heterocycles. The van der Waals surface area contributed by atoms with E-state index in [0.29, 0.717) is 5.56 Å². The van der Waals surface area contributed by atoms with Crippen molar-refractivity contribution in [3.8, 4) is 5.75 Å². The largest absolute Gasteiger partial charge is 0.573 e. The van der Waals surface area contributed by atoms with Gasteiger partial charge in [-0.1, -0.05) is 30.7 Å². The molecule has 0 aliphatic heterocycles. The Labute approximate surface area is 111 Å². The van der Waals surface area contributed by atoms with Gasteiger partial charge in [-0.2, -0.15) is 0 Å². The van der Waals surface area contributed by atoms with Gasteiger partial charge in [-0.25, -0.2) is 0 Å². The molecule has 0 radical (unpaired) electrons. The third kappa shape index (κ3) is 5.79. The van der Waals surface area contributed by atoms with Crippen LogP contribution in [0.25, 0.3) is 6.08 Å². The second-order valence-corrected chi connectivity index (χ2v) is 4.29. The van der Waals surface area contributed by atoms with E-state index in [2.05, 4.69) is 10.1 Å². The highest BCUT2D eigenvalue weighted by Gasteiger charge is 2.31. The second kappa shape index (κ2) is 6.61. The lowest BCUT2D eigenvalue weighted by Gasteiger charge is -2.13. The molecule has 0 amide bonds. The first-order valence-electron chi connectivity index (χ1n) is 6.09. The Morgan fingerprint density at radius 2 is 2.11 bits per heavy atom. The molecule has 0 aliphatic carbocycles. The molecule has 1 aromatic carbocycles. The number of alkyl halides is 3. The third-order valence-electron chi connectivity index (χ3n) is 2.68. The van der Waals surface area contributed by atoms with Crippen LogP contribution in [0.15, 0.2) is 29.8 Å². The summed E-state index contributed by atoms with van der Waals surface area (Å²) in [4.78, 5) is 0. The number of likely N-dealkylation sites (N-methyl/N-ethyl adjacent to an activating group) is 1. The molecule has 1 atom stereocenters. The predicted molar refractivity (Wildman–Crippen MR) is 69.9 cm³/mol. The molecule has 2 nitrogen and oxygen atoms in total. The molecular weight excluding hydrogens is 255 g/mol. The fourth-order valence-corrected chi connectivity index (χ4v) is 1.66. The van der Waals surface area contributed by atoms with Crippen LogP contribution in [0, 0.1) is 0 Å². The van der Waals surface area contributed by atoms with Crippen LogP contribution in [0.3, 0.4) is 0 Å². The molecule has 0 saturated heterocycles. The van der Waals surface area contributed by atoms with Crippen molar-refractivity contribution in [2.45, 2.75) is 33.2 Å². The summed E-state index contributed by atoms with van der Waals surface area (Å²) >= 11 is 0. The van der Waals surface area contributed by atoms with Crippen LogP contribution in [0.1, 0.15) is 26.3 Å². The van der Waals surface area contributed by atoms with Crippen molar-refractivity contribution in [3.05, 3.63) is 35.4 Å². The molecule has 1 aromatic rings. The quantitative estimate of drug-likeness (QED) is 0.876. The van der Waals surface area contributed by atoms with E-state index < -0.39 is 6.36 Å². The van der Waals surface area contributed by atoms with Crippen molar-refractivity contribution < 1.29 is 17.9 Å². The van der Waals surface area contributed by atoms with E-state index >= 15 is 0 Å². The lowest BCUT2D eigenvalue weighted by molar-refractivity contribution is -0.274. The molecule has 0 aliphatic rings. The lowest BCUT2D eigenvalue weighted by Crippen LogP contribution is -2.26. The van der Waals surface area contributed by atoms with Crippen molar-refractivity contribution in [1.29, 1.82) is 0 Å². The van der Waals surface area contributed by atoms with Gasteiger partial charge in [-0.05, 0) is 38.1 Å².